The minimum absolute atomic E-state index is 0.162. The fourth-order valence-electron chi connectivity index (χ4n) is 1.29. The molecule has 4 heteroatoms. The second-order valence-electron chi connectivity index (χ2n) is 3.43. The highest BCUT2D eigenvalue weighted by Crippen LogP contribution is 2.01. The smallest absolute Gasteiger partial charge is 0.244 e. The zero-order valence-corrected chi connectivity index (χ0v) is 9.17. The van der Waals surface area contributed by atoms with Gasteiger partial charge in [0.15, 0.2) is 0 Å². The Morgan fingerprint density at radius 3 is 3.06 bits per heavy atom. The summed E-state index contributed by atoms with van der Waals surface area (Å²) in [7, 11) is 0. The highest BCUT2D eigenvalue weighted by atomic mass is 16.3. The Balaban J connectivity index is 1.82. The minimum Gasteiger partial charge on any atom is -0.465 e. The van der Waals surface area contributed by atoms with Crippen LogP contribution in [0.2, 0.25) is 0 Å². The van der Waals surface area contributed by atoms with E-state index in [0.717, 1.165) is 5.56 Å². The van der Waals surface area contributed by atoms with Crippen LogP contribution in [0, 0.1) is 0 Å². The van der Waals surface area contributed by atoms with E-state index in [2.05, 4.69) is 10.3 Å². The number of amides is 1. The van der Waals surface area contributed by atoms with Gasteiger partial charge in [0.05, 0.1) is 6.26 Å². The molecule has 2 aromatic rings. The Morgan fingerprint density at radius 2 is 2.35 bits per heavy atom. The molecule has 0 aromatic carbocycles. The van der Waals surface area contributed by atoms with E-state index in [4.69, 9.17) is 4.42 Å². The van der Waals surface area contributed by atoms with Crippen LogP contribution in [0.15, 0.2) is 53.4 Å². The van der Waals surface area contributed by atoms with Crippen molar-refractivity contribution in [3.8, 4) is 0 Å². The summed E-state index contributed by atoms with van der Waals surface area (Å²) in [4.78, 5) is 15.4. The van der Waals surface area contributed by atoms with E-state index < -0.39 is 0 Å². The number of hydrogen-bond acceptors (Lipinski definition) is 3. The molecule has 0 radical (unpaired) electrons. The Kier molecular flexibility index (Phi) is 3.70. The first-order valence-electron chi connectivity index (χ1n) is 5.23. The number of furan rings is 1. The monoisotopic (exact) mass is 228 g/mol. The van der Waals surface area contributed by atoms with E-state index in [1.165, 1.54) is 6.08 Å². The van der Waals surface area contributed by atoms with E-state index in [0.29, 0.717) is 12.3 Å². The second-order valence-corrected chi connectivity index (χ2v) is 3.43. The van der Waals surface area contributed by atoms with Crippen LogP contribution >= 0.6 is 0 Å². The maximum Gasteiger partial charge on any atom is 0.244 e. The lowest BCUT2D eigenvalue weighted by atomic mass is 10.3. The summed E-state index contributed by atoms with van der Waals surface area (Å²) in [6.45, 7) is 0.467. The van der Waals surface area contributed by atoms with Crippen molar-refractivity contribution in [2.45, 2.75) is 6.54 Å². The lowest BCUT2D eigenvalue weighted by molar-refractivity contribution is -0.116. The Hall–Kier alpha value is -2.36. The summed E-state index contributed by atoms with van der Waals surface area (Å²) in [5, 5.41) is 2.75. The Morgan fingerprint density at radius 1 is 1.41 bits per heavy atom. The fraction of sp³-hybridized carbons (Fsp3) is 0.0769. The van der Waals surface area contributed by atoms with Crippen LogP contribution in [-0.4, -0.2) is 10.9 Å². The summed E-state index contributed by atoms with van der Waals surface area (Å²) >= 11 is 0. The maximum absolute atomic E-state index is 11.5. The van der Waals surface area contributed by atoms with Gasteiger partial charge in [0.25, 0.3) is 0 Å². The van der Waals surface area contributed by atoms with E-state index in [9.17, 15) is 4.79 Å². The molecule has 0 atom stereocenters. The van der Waals surface area contributed by atoms with E-state index in [1.54, 1.807) is 36.9 Å². The first-order valence-corrected chi connectivity index (χ1v) is 5.23. The average molecular weight is 228 g/mol. The number of rotatable bonds is 4. The summed E-state index contributed by atoms with van der Waals surface area (Å²) < 4.78 is 5.07. The predicted octanol–water partition coefficient (Wildman–Crippen LogP) is 2.00. The van der Waals surface area contributed by atoms with Crippen molar-refractivity contribution in [1.29, 1.82) is 0 Å². The SMILES string of the molecule is O=C(C=Cc1ccco1)NCc1cccnc1. The third-order valence-corrected chi connectivity index (χ3v) is 2.13. The molecule has 0 saturated heterocycles. The van der Waals surface area contributed by atoms with Gasteiger partial charge < -0.3 is 9.73 Å². The van der Waals surface area contributed by atoms with Crippen molar-refractivity contribution in [2.24, 2.45) is 0 Å². The van der Waals surface area contributed by atoms with Crippen LogP contribution in [0.3, 0.4) is 0 Å². The molecular formula is C13H12N2O2. The summed E-state index contributed by atoms with van der Waals surface area (Å²) in [6.07, 6.45) is 8.04. The van der Waals surface area contributed by atoms with Gasteiger partial charge in [-0.05, 0) is 29.8 Å². The van der Waals surface area contributed by atoms with Crippen LogP contribution in [0.25, 0.3) is 6.08 Å². The zero-order valence-electron chi connectivity index (χ0n) is 9.17. The first kappa shape index (κ1) is 11.1. The lowest BCUT2D eigenvalue weighted by Gasteiger charge is -2.00. The van der Waals surface area contributed by atoms with Gasteiger partial charge >= 0.3 is 0 Å². The van der Waals surface area contributed by atoms with Gasteiger partial charge in [0.2, 0.25) is 5.91 Å². The average Bonchev–Trinajstić information content (AvgIpc) is 2.88. The van der Waals surface area contributed by atoms with Gasteiger partial charge in [-0.25, -0.2) is 0 Å². The lowest BCUT2D eigenvalue weighted by Crippen LogP contribution is -2.20. The number of nitrogens with one attached hydrogen (secondary N) is 1. The molecule has 2 rings (SSSR count). The minimum atomic E-state index is -0.162. The molecule has 2 aromatic heterocycles. The Bertz CT molecular complexity index is 489. The largest absolute Gasteiger partial charge is 0.465 e. The van der Waals surface area contributed by atoms with Crippen LogP contribution in [0.4, 0.5) is 0 Å². The molecule has 0 saturated carbocycles. The normalized spacial score (nSPS) is 10.6. The van der Waals surface area contributed by atoms with Gasteiger partial charge in [0.1, 0.15) is 5.76 Å². The van der Waals surface area contributed by atoms with E-state index >= 15 is 0 Å². The molecular weight excluding hydrogens is 216 g/mol. The topological polar surface area (TPSA) is 55.1 Å². The van der Waals surface area contributed by atoms with E-state index in [1.807, 2.05) is 12.1 Å². The van der Waals surface area contributed by atoms with Gasteiger partial charge in [-0.3, -0.25) is 9.78 Å². The van der Waals surface area contributed by atoms with Crippen molar-refractivity contribution < 1.29 is 9.21 Å². The molecule has 86 valence electrons. The van der Waals surface area contributed by atoms with Crippen LogP contribution in [0.5, 0.6) is 0 Å². The number of carbonyl (C=O) groups excluding carboxylic acids is 1. The molecule has 1 N–H and O–H groups in total. The van der Waals surface area contributed by atoms with Crippen LogP contribution in [-0.2, 0) is 11.3 Å². The molecule has 17 heavy (non-hydrogen) atoms. The molecule has 0 aliphatic rings. The number of carbonyl (C=O) groups is 1. The van der Waals surface area contributed by atoms with Crippen molar-refractivity contribution in [1.82, 2.24) is 10.3 Å². The van der Waals surface area contributed by atoms with Gasteiger partial charge in [-0.1, -0.05) is 6.07 Å². The summed E-state index contributed by atoms with van der Waals surface area (Å²) in [5.41, 5.74) is 0.965. The van der Waals surface area contributed by atoms with Gasteiger partial charge in [-0.15, -0.1) is 0 Å². The van der Waals surface area contributed by atoms with Crippen LogP contribution < -0.4 is 5.32 Å². The second kappa shape index (κ2) is 5.65. The molecule has 2 heterocycles. The number of nitrogens with zero attached hydrogens (tertiary/aromatic N) is 1. The van der Waals surface area contributed by atoms with Crippen molar-refractivity contribution in [2.75, 3.05) is 0 Å². The molecule has 4 nitrogen and oxygen atoms in total. The third kappa shape index (κ3) is 3.61. The number of hydrogen-bond donors (Lipinski definition) is 1. The third-order valence-electron chi connectivity index (χ3n) is 2.13. The van der Waals surface area contributed by atoms with Crippen molar-refractivity contribution >= 4 is 12.0 Å². The molecule has 0 aliphatic heterocycles. The molecule has 0 fully saturated rings. The van der Waals surface area contributed by atoms with Crippen LogP contribution in [0.1, 0.15) is 11.3 Å². The molecule has 0 bridgehead atoms. The maximum atomic E-state index is 11.5. The number of pyridine rings is 1. The Labute approximate surface area is 99.0 Å². The quantitative estimate of drug-likeness (QED) is 0.814. The summed E-state index contributed by atoms with van der Waals surface area (Å²) in [5.74, 6) is 0.492. The van der Waals surface area contributed by atoms with Gasteiger partial charge in [0, 0.05) is 25.0 Å². The highest BCUT2D eigenvalue weighted by Gasteiger charge is 1.96. The number of aromatic nitrogens is 1. The molecule has 0 unspecified atom stereocenters. The molecule has 1 amide bonds. The van der Waals surface area contributed by atoms with Gasteiger partial charge in [-0.2, -0.15) is 0 Å². The molecule has 0 spiro atoms. The first-order chi connectivity index (χ1) is 8.34. The summed E-state index contributed by atoms with van der Waals surface area (Å²) in [6, 6.07) is 7.29. The zero-order chi connectivity index (χ0) is 11.9. The fourth-order valence-corrected chi connectivity index (χ4v) is 1.29. The molecule has 0 aliphatic carbocycles. The van der Waals surface area contributed by atoms with E-state index in [-0.39, 0.29) is 5.91 Å². The van der Waals surface area contributed by atoms with Crippen molar-refractivity contribution in [3.63, 3.8) is 0 Å². The van der Waals surface area contributed by atoms with Crippen molar-refractivity contribution in [3.05, 3.63) is 60.3 Å². The predicted molar refractivity (Wildman–Crippen MR) is 63.8 cm³/mol. The highest BCUT2D eigenvalue weighted by molar-refractivity contribution is 5.91. The standard InChI is InChI=1S/C13H12N2O2/c16-13(6-5-12-4-2-8-17-12)15-10-11-3-1-7-14-9-11/h1-9H,10H2,(H,15,16).